The Morgan fingerprint density at radius 3 is 1.79 bits per heavy atom. The van der Waals surface area contributed by atoms with E-state index < -0.39 is 0 Å². The van der Waals surface area contributed by atoms with Crippen LogP contribution in [0.15, 0.2) is 60.7 Å². The number of hydrogen-bond donors (Lipinski definition) is 0. The molecule has 0 amide bonds. The highest BCUT2D eigenvalue weighted by molar-refractivity contribution is 5.82. The van der Waals surface area contributed by atoms with Crippen LogP contribution in [0.4, 0.5) is 0 Å². The zero-order valence-corrected chi connectivity index (χ0v) is 17.7. The third kappa shape index (κ3) is 2.93. The largest absolute Gasteiger partial charge is 0.458 e. The molecule has 0 N–H and O–H groups in total. The van der Waals surface area contributed by atoms with Gasteiger partial charge in [0.15, 0.2) is 0 Å². The van der Waals surface area contributed by atoms with Crippen molar-refractivity contribution in [1.29, 1.82) is 0 Å². The summed E-state index contributed by atoms with van der Waals surface area (Å²) in [6, 6.07) is 20.1. The first-order valence-electron chi connectivity index (χ1n) is 11.0. The Bertz CT molecular complexity index is 818. The number of esters is 1. The maximum atomic E-state index is 13.6. The summed E-state index contributed by atoms with van der Waals surface area (Å²) in [5.74, 6) is 1.11. The highest BCUT2D eigenvalue weighted by Gasteiger charge is 2.62. The maximum Gasteiger partial charge on any atom is 0.318 e. The van der Waals surface area contributed by atoms with Crippen molar-refractivity contribution in [2.75, 3.05) is 13.1 Å². The third-order valence-electron chi connectivity index (χ3n) is 8.28. The predicted molar refractivity (Wildman–Crippen MR) is 115 cm³/mol. The van der Waals surface area contributed by atoms with Crippen molar-refractivity contribution in [3.63, 3.8) is 0 Å². The van der Waals surface area contributed by atoms with Crippen LogP contribution in [-0.2, 0) is 9.53 Å². The molecule has 152 valence electrons. The summed E-state index contributed by atoms with van der Waals surface area (Å²) >= 11 is 0. The summed E-state index contributed by atoms with van der Waals surface area (Å²) in [5.41, 5.74) is 1.93. The van der Waals surface area contributed by atoms with E-state index in [1.807, 2.05) is 60.7 Å². The van der Waals surface area contributed by atoms with Crippen molar-refractivity contribution in [3.05, 3.63) is 71.8 Å². The zero-order valence-electron chi connectivity index (χ0n) is 17.7. The summed E-state index contributed by atoms with van der Waals surface area (Å²) in [6.07, 6.45) is 2.34. The number of piperidine rings is 3. The van der Waals surface area contributed by atoms with Crippen LogP contribution in [0.3, 0.4) is 0 Å². The van der Waals surface area contributed by atoms with Crippen LogP contribution in [0, 0.1) is 17.8 Å². The second-order valence-electron chi connectivity index (χ2n) is 9.98. The number of ether oxygens (including phenoxy) is 1. The molecule has 3 unspecified atom stereocenters. The average molecular weight is 390 g/mol. The van der Waals surface area contributed by atoms with Crippen LogP contribution in [-0.4, -0.2) is 35.1 Å². The minimum absolute atomic E-state index is 0.105. The second kappa shape index (κ2) is 6.70. The van der Waals surface area contributed by atoms with Gasteiger partial charge in [0.05, 0.1) is 0 Å². The normalized spacial score (nSPS) is 34.3. The van der Waals surface area contributed by atoms with Gasteiger partial charge in [-0.15, -0.1) is 0 Å². The molecule has 3 heterocycles. The number of benzene rings is 2. The maximum absolute atomic E-state index is 13.6. The summed E-state index contributed by atoms with van der Waals surface area (Å²) in [4.78, 5) is 16.3. The molecule has 0 aromatic heterocycles. The van der Waals surface area contributed by atoms with Crippen molar-refractivity contribution in [2.45, 2.75) is 50.7 Å². The van der Waals surface area contributed by atoms with Gasteiger partial charge in [-0.3, -0.25) is 9.69 Å². The van der Waals surface area contributed by atoms with E-state index in [1.54, 1.807) is 0 Å². The van der Waals surface area contributed by atoms with Crippen molar-refractivity contribution in [1.82, 2.24) is 4.90 Å². The first-order valence-corrected chi connectivity index (χ1v) is 11.0. The molecule has 3 aliphatic heterocycles. The van der Waals surface area contributed by atoms with E-state index in [1.165, 1.54) is 12.8 Å². The molecule has 2 aromatic carbocycles. The van der Waals surface area contributed by atoms with E-state index in [0.717, 1.165) is 24.2 Å². The van der Waals surface area contributed by atoms with Gasteiger partial charge < -0.3 is 4.74 Å². The minimum Gasteiger partial charge on any atom is -0.458 e. The third-order valence-corrected chi connectivity index (χ3v) is 8.28. The number of carbonyl (C=O) groups is 1. The lowest BCUT2D eigenvalue weighted by molar-refractivity contribution is -0.231. The molecule has 0 radical (unpaired) electrons. The van der Waals surface area contributed by atoms with Crippen molar-refractivity contribution in [3.8, 4) is 0 Å². The first-order chi connectivity index (χ1) is 13.9. The first kappa shape index (κ1) is 18.9. The number of carbonyl (C=O) groups excluding carboxylic acids is 1. The van der Waals surface area contributed by atoms with Gasteiger partial charge in [-0.1, -0.05) is 60.7 Å². The Morgan fingerprint density at radius 1 is 0.862 bits per heavy atom. The van der Waals surface area contributed by atoms with Gasteiger partial charge >= 0.3 is 5.97 Å². The number of nitrogens with zero attached hydrogens (tertiary/aromatic N) is 1. The smallest absolute Gasteiger partial charge is 0.318 e. The molecule has 3 nitrogen and oxygen atoms in total. The van der Waals surface area contributed by atoms with Gasteiger partial charge in [-0.25, -0.2) is 0 Å². The van der Waals surface area contributed by atoms with Crippen LogP contribution >= 0.6 is 0 Å². The summed E-state index contributed by atoms with van der Waals surface area (Å²) < 4.78 is 6.49. The van der Waals surface area contributed by atoms with E-state index in [4.69, 9.17) is 4.74 Å². The van der Waals surface area contributed by atoms with Crippen LogP contribution in [0.2, 0.25) is 0 Å². The molecule has 1 aliphatic carbocycles. The molecule has 4 fully saturated rings. The molecule has 2 aromatic rings. The Balaban J connectivity index is 1.44. The van der Waals surface area contributed by atoms with Gasteiger partial charge in [0.25, 0.3) is 0 Å². The Morgan fingerprint density at radius 2 is 1.34 bits per heavy atom. The molecule has 1 saturated carbocycles. The van der Waals surface area contributed by atoms with Crippen molar-refractivity contribution >= 4 is 5.97 Å². The van der Waals surface area contributed by atoms with Crippen LogP contribution in [0.5, 0.6) is 0 Å². The fourth-order valence-electron chi connectivity index (χ4n) is 6.21. The lowest BCUT2D eigenvalue weighted by Crippen LogP contribution is -2.73. The van der Waals surface area contributed by atoms with Crippen molar-refractivity contribution < 1.29 is 9.53 Å². The van der Waals surface area contributed by atoms with Gasteiger partial charge in [-0.05, 0) is 50.7 Å². The van der Waals surface area contributed by atoms with Crippen LogP contribution in [0.25, 0.3) is 0 Å². The number of rotatable bonds is 4. The molecule has 5 atom stereocenters. The molecule has 3 heteroatoms. The number of hydrogen-bond acceptors (Lipinski definition) is 3. The van der Waals surface area contributed by atoms with Crippen LogP contribution < -0.4 is 0 Å². The summed E-state index contributed by atoms with van der Waals surface area (Å²) in [6.45, 7) is 9.08. The highest BCUT2D eigenvalue weighted by Crippen LogP contribution is 2.57. The lowest BCUT2D eigenvalue weighted by Gasteiger charge is -2.66. The van der Waals surface area contributed by atoms with Gasteiger partial charge in [0.1, 0.15) is 11.5 Å². The van der Waals surface area contributed by atoms with Gasteiger partial charge in [0, 0.05) is 30.5 Å². The van der Waals surface area contributed by atoms with E-state index in [0.29, 0.717) is 17.8 Å². The molecule has 0 spiro atoms. The summed E-state index contributed by atoms with van der Waals surface area (Å²) in [5, 5.41) is 0. The molecule has 4 aliphatic rings. The fourth-order valence-corrected chi connectivity index (χ4v) is 6.21. The molecular formula is C26H31NO2. The van der Waals surface area contributed by atoms with E-state index in [9.17, 15) is 4.79 Å². The molecule has 4 bridgehead atoms. The van der Waals surface area contributed by atoms with E-state index in [2.05, 4.69) is 25.7 Å². The predicted octanol–water partition coefficient (Wildman–Crippen LogP) is 4.87. The zero-order chi connectivity index (χ0) is 20.2. The summed E-state index contributed by atoms with van der Waals surface area (Å²) in [7, 11) is 0. The van der Waals surface area contributed by atoms with Crippen LogP contribution in [0.1, 0.15) is 50.7 Å². The Hall–Kier alpha value is -2.13. The van der Waals surface area contributed by atoms with Gasteiger partial charge in [0.2, 0.25) is 0 Å². The quantitative estimate of drug-likeness (QED) is 0.699. The SMILES string of the molecule is CC1(OC(=O)C(c2ccccc2)c2ccccc2)[C@@H]2CC3C[C@H]1CN(C2)C3(C)C. The topological polar surface area (TPSA) is 29.5 Å². The molecule has 29 heavy (non-hydrogen) atoms. The molecule has 3 saturated heterocycles. The van der Waals surface area contributed by atoms with Crippen molar-refractivity contribution in [2.24, 2.45) is 17.8 Å². The Kier molecular flexibility index (Phi) is 4.36. The lowest BCUT2D eigenvalue weighted by atomic mass is 9.54. The monoisotopic (exact) mass is 389 g/mol. The van der Waals surface area contributed by atoms with E-state index >= 15 is 0 Å². The van der Waals surface area contributed by atoms with E-state index in [-0.39, 0.29) is 23.0 Å². The standard InChI is InChI=1S/C26H31NO2/c1-25(2)20-14-21-16-27(25)17-22(15-20)26(21,3)29-24(28)23(18-10-6-4-7-11-18)19-12-8-5-9-13-19/h4-13,20-23H,14-17H2,1-3H3/t20?,21-,22+,26?. The molecule has 6 rings (SSSR count). The Labute approximate surface area is 174 Å². The average Bonchev–Trinajstić information content (AvgIpc) is 2.68. The molecular weight excluding hydrogens is 358 g/mol. The van der Waals surface area contributed by atoms with Gasteiger partial charge in [-0.2, -0.15) is 0 Å². The highest BCUT2D eigenvalue weighted by atomic mass is 16.6. The minimum atomic E-state index is -0.372. The fraction of sp³-hybridized carbons (Fsp3) is 0.500. The second-order valence-corrected chi connectivity index (χ2v) is 9.98.